The molecule has 0 N–H and O–H groups in total. The smallest absolute Gasteiger partial charge is 0.159 e. The average Bonchev–Trinajstić information content (AvgIpc) is 3.47. The number of hydrogen-bond acceptors (Lipinski definition) is 4. The standard InChI is InChI=1S/C39H25N3S/c1-3-14-24(4-2)39-40-23-30(36(42-39)25-15-6-5-7-16-25)37-35-33(28-19-10-12-21-31(28)41-37)26-17-8-9-18-27(26)38-34(35)29-20-11-13-22-32(29)43-38/h3-23H,1-2H2/b24-14+. The van der Waals surface area contributed by atoms with Gasteiger partial charge in [-0.25, -0.2) is 15.0 Å². The van der Waals surface area contributed by atoms with Crippen LogP contribution in [0, 0.1) is 0 Å². The van der Waals surface area contributed by atoms with Gasteiger partial charge in [0.05, 0.1) is 16.9 Å². The van der Waals surface area contributed by atoms with Crippen molar-refractivity contribution in [2.75, 3.05) is 0 Å². The van der Waals surface area contributed by atoms with Gasteiger partial charge in [-0.05, 0) is 17.5 Å². The van der Waals surface area contributed by atoms with Crippen molar-refractivity contribution in [3.63, 3.8) is 0 Å². The number of nitrogens with zero attached hydrogens (tertiary/aromatic N) is 3. The van der Waals surface area contributed by atoms with Crippen LogP contribution >= 0.6 is 11.3 Å². The van der Waals surface area contributed by atoms with Gasteiger partial charge >= 0.3 is 0 Å². The fourth-order valence-electron chi connectivity index (χ4n) is 6.18. The number of pyridine rings is 1. The SMILES string of the molecule is C=C/C=C(\C=C)c1ncc(-c2nc3ccccc3c3c4ccccc4c4sc5ccccc5c4c23)c(-c2ccccc2)n1. The molecule has 43 heavy (non-hydrogen) atoms. The zero-order chi connectivity index (χ0) is 28.9. The minimum absolute atomic E-state index is 0.596. The molecule has 3 heterocycles. The summed E-state index contributed by atoms with van der Waals surface area (Å²) in [7, 11) is 0. The van der Waals surface area contributed by atoms with E-state index in [-0.39, 0.29) is 0 Å². The first kappa shape index (κ1) is 25.3. The maximum absolute atomic E-state index is 5.41. The van der Waals surface area contributed by atoms with E-state index in [1.807, 2.05) is 41.8 Å². The highest BCUT2D eigenvalue weighted by molar-refractivity contribution is 7.27. The molecule has 8 aromatic rings. The molecule has 8 rings (SSSR count). The summed E-state index contributed by atoms with van der Waals surface area (Å²) >= 11 is 1.84. The van der Waals surface area contributed by atoms with E-state index >= 15 is 0 Å². The van der Waals surface area contributed by atoms with E-state index in [1.54, 1.807) is 12.2 Å². The van der Waals surface area contributed by atoms with Crippen LogP contribution in [0.25, 0.3) is 80.7 Å². The molecule has 4 heteroatoms. The molecule has 0 aliphatic heterocycles. The molecule has 0 spiro atoms. The number of para-hydroxylation sites is 1. The fourth-order valence-corrected chi connectivity index (χ4v) is 7.43. The summed E-state index contributed by atoms with van der Waals surface area (Å²) in [5.74, 6) is 0.596. The average molecular weight is 568 g/mol. The van der Waals surface area contributed by atoms with Crippen molar-refractivity contribution in [1.82, 2.24) is 15.0 Å². The van der Waals surface area contributed by atoms with E-state index in [4.69, 9.17) is 15.0 Å². The molecule has 0 unspecified atom stereocenters. The number of hydrogen-bond donors (Lipinski definition) is 0. The Labute approximate surface area is 252 Å². The molecule has 0 amide bonds. The Morgan fingerprint density at radius 2 is 1.33 bits per heavy atom. The first-order valence-corrected chi connectivity index (χ1v) is 15.0. The Bertz CT molecular complexity index is 2430. The lowest BCUT2D eigenvalue weighted by molar-refractivity contribution is 1.13. The summed E-state index contributed by atoms with van der Waals surface area (Å²) < 4.78 is 2.53. The van der Waals surface area contributed by atoms with Gasteiger partial charge in [0.2, 0.25) is 0 Å². The molecular weight excluding hydrogens is 543 g/mol. The molecule has 0 bridgehead atoms. The van der Waals surface area contributed by atoms with E-state index in [9.17, 15) is 0 Å². The topological polar surface area (TPSA) is 38.7 Å². The van der Waals surface area contributed by atoms with Crippen LogP contribution in [0.2, 0.25) is 0 Å². The van der Waals surface area contributed by atoms with Crippen LogP contribution < -0.4 is 0 Å². The van der Waals surface area contributed by atoms with E-state index in [0.29, 0.717) is 5.82 Å². The number of thiophene rings is 1. The third-order valence-corrected chi connectivity index (χ3v) is 9.25. The molecule has 3 nitrogen and oxygen atoms in total. The van der Waals surface area contributed by atoms with Crippen molar-refractivity contribution in [1.29, 1.82) is 0 Å². The Morgan fingerprint density at radius 3 is 2.12 bits per heavy atom. The van der Waals surface area contributed by atoms with Gasteiger partial charge in [0.1, 0.15) is 0 Å². The summed E-state index contributed by atoms with van der Waals surface area (Å²) in [4.78, 5) is 15.4. The summed E-state index contributed by atoms with van der Waals surface area (Å²) in [5.41, 5.74) is 5.35. The van der Waals surface area contributed by atoms with Crippen LogP contribution in [0.1, 0.15) is 5.82 Å². The third kappa shape index (κ3) is 3.92. The molecule has 0 atom stereocenters. The van der Waals surface area contributed by atoms with E-state index in [0.717, 1.165) is 44.4 Å². The molecule has 3 aromatic heterocycles. The van der Waals surface area contributed by atoms with E-state index in [2.05, 4.69) is 98.1 Å². The van der Waals surface area contributed by atoms with Crippen molar-refractivity contribution in [3.8, 4) is 22.5 Å². The van der Waals surface area contributed by atoms with E-state index in [1.165, 1.54) is 36.3 Å². The lowest BCUT2D eigenvalue weighted by atomic mass is 9.91. The van der Waals surface area contributed by atoms with Gasteiger partial charge in [0.15, 0.2) is 5.82 Å². The maximum atomic E-state index is 5.41. The lowest BCUT2D eigenvalue weighted by Crippen LogP contribution is -2.00. The monoisotopic (exact) mass is 567 g/mol. The highest BCUT2D eigenvalue weighted by Gasteiger charge is 2.23. The summed E-state index contributed by atoms with van der Waals surface area (Å²) in [6.07, 6.45) is 7.31. The molecule has 0 saturated carbocycles. The number of rotatable bonds is 5. The lowest BCUT2D eigenvalue weighted by Gasteiger charge is -2.17. The molecular formula is C39H25N3S. The van der Waals surface area contributed by atoms with Crippen LogP contribution in [0.4, 0.5) is 0 Å². The summed E-state index contributed by atoms with van der Waals surface area (Å²) in [6.45, 7) is 7.86. The second-order valence-corrected chi connectivity index (χ2v) is 11.5. The molecule has 0 radical (unpaired) electrons. The normalized spacial score (nSPS) is 12.0. The number of aromatic nitrogens is 3. The first-order valence-electron chi connectivity index (χ1n) is 14.2. The van der Waals surface area contributed by atoms with Gasteiger partial charge in [-0.1, -0.05) is 122 Å². The molecule has 0 aliphatic carbocycles. The number of fused-ring (bicyclic) bond motifs is 10. The zero-order valence-corrected chi connectivity index (χ0v) is 24.1. The summed E-state index contributed by atoms with van der Waals surface area (Å²) in [5, 5.41) is 8.41. The Morgan fingerprint density at radius 1 is 0.628 bits per heavy atom. The molecule has 5 aromatic carbocycles. The maximum Gasteiger partial charge on any atom is 0.159 e. The highest BCUT2D eigenvalue weighted by atomic mass is 32.1. The van der Waals surface area contributed by atoms with Crippen molar-refractivity contribution >= 4 is 69.5 Å². The molecule has 0 fully saturated rings. The highest BCUT2D eigenvalue weighted by Crippen LogP contribution is 2.49. The van der Waals surface area contributed by atoms with Crippen LogP contribution in [-0.4, -0.2) is 15.0 Å². The summed E-state index contributed by atoms with van der Waals surface area (Å²) in [6, 6.07) is 36.2. The first-order chi connectivity index (χ1) is 21.3. The molecule has 0 saturated heterocycles. The van der Waals surface area contributed by atoms with Gasteiger partial charge in [0.25, 0.3) is 0 Å². The quantitative estimate of drug-likeness (QED) is 0.153. The predicted molar refractivity (Wildman–Crippen MR) is 184 cm³/mol. The fraction of sp³-hybridized carbons (Fsp3) is 0. The second kappa shape index (κ2) is 10.1. The van der Waals surface area contributed by atoms with Gasteiger partial charge in [-0.2, -0.15) is 0 Å². The Hall–Kier alpha value is -5.45. The van der Waals surface area contributed by atoms with Crippen molar-refractivity contribution in [3.05, 3.63) is 147 Å². The van der Waals surface area contributed by atoms with Crippen LogP contribution in [0.15, 0.2) is 141 Å². The van der Waals surface area contributed by atoms with E-state index < -0.39 is 0 Å². The van der Waals surface area contributed by atoms with Gasteiger partial charge in [-0.15, -0.1) is 11.3 Å². The van der Waals surface area contributed by atoms with Gasteiger partial charge < -0.3 is 0 Å². The number of benzene rings is 5. The van der Waals surface area contributed by atoms with Crippen molar-refractivity contribution in [2.45, 2.75) is 0 Å². The predicted octanol–water partition coefficient (Wildman–Crippen LogP) is 10.8. The zero-order valence-electron chi connectivity index (χ0n) is 23.3. The minimum atomic E-state index is 0.596. The Kier molecular flexibility index (Phi) is 5.95. The third-order valence-electron chi connectivity index (χ3n) is 8.05. The van der Waals surface area contributed by atoms with Gasteiger partial charge in [0, 0.05) is 64.6 Å². The van der Waals surface area contributed by atoms with Gasteiger partial charge in [-0.3, -0.25) is 0 Å². The minimum Gasteiger partial charge on any atom is -0.247 e. The van der Waals surface area contributed by atoms with Crippen molar-refractivity contribution < 1.29 is 0 Å². The second-order valence-electron chi connectivity index (χ2n) is 10.5. The molecule has 202 valence electrons. The Balaban J connectivity index is 1.62. The van der Waals surface area contributed by atoms with Crippen LogP contribution in [-0.2, 0) is 0 Å². The van der Waals surface area contributed by atoms with Crippen molar-refractivity contribution in [2.24, 2.45) is 0 Å². The van der Waals surface area contributed by atoms with Crippen LogP contribution in [0.3, 0.4) is 0 Å². The van der Waals surface area contributed by atoms with Crippen LogP contribution in [0.5, 0.6) is 0 Å². The largest absolute Gasteiger partial charge is 0.247 e. The number of allylic oxidation sites excluding steroid dienone is 4. The molecule has 0 aliphatic rings.